The summed E-state index contributed by atoms with van der Waals surface area (Å²) in [5, 5.41) is 3.59. The Morgan fingerprint density at radius 1 is 1.21 bits per heavy atom. The van der Waals surface area contributed by atoms with Gasteiger partial charge in [0.15, 0.2) is 0 Å². The molecule has 1 fully saturated rings. The van der Waals surface area contributed by atoms with Crippen LogP contribution in [0.2, 0.25) is 5.02 Å². The Kier molecular flexibility index (Phi) is 7.06. The maximum atomic E-state index is 12.1. The summed E-state index contributed by atoms with van der Waals surface area (Å²) >= 11 is 6.11. The fraction of sp³-hybridized carbons (Fsp3) is 0.364. The molecule has 3 rings (SSSR count). The van der Waals surface area contributed by atoms with E-state index in [-0.39, 0.29) is 5.91 Å². The van der Waals surface area contributed by atoms with Gasteiger partial charge in [0.1, 0.15) is 5.82 Å². The Morgan fingerprint density at radius 2 is 2.00 bits per heavy atom. The number of benzene rings is 1. The van der Waals surface area contributed by atoms with Crippen LogP contribution in [0.5, 0.6) is 0 Å². The van der Waals surface area contributed by atoms with Crippen molar-refractivity contribution in [2.75, 3.05) is 37.6 Å². The first kappa shape index (κ1) is 20.4. The first-order valence-corrected chi connectivity index (χ1v) is 10.1. The lowest BCUT2D eigenvalue weighted by Gasteiger charge is -2.34. The van der Waals surface area contributed by atoms with Crippen LogP contribution in [0.4, 0.5) is 5.82 Å². The van der Waals surface area contributed by atoms with E-state index in [4.69, 9.17) is 11.6 Å². The van der Waals surface area contributed by atoms with Crippen LogP contribution < -0.4 is 10.2 Å². The van der Waals surface area contributed by atoms with Crippen molar-refractivity contribution < 1.29 is 4.79 Å². The molecule has 0 spiro atoms. The summed E-state index contributed by atoms with van der Waals surface area (Å²) in [5.41, 5.74) is 2.91. The van der Waals surface area contributed by atoms with Gasteiger partial charge in [-0.15, -0.1) is 0 Å². The van der Waals surface area contributed by atoms with Gasteiger partial charge in [-0.25, -0.2) is 4.98 Å². The van der Waals surface area contributed by atoms with Gasteiger partial charge in [0, 0.05) is 50.0 Å². The largest absolute Gasteiger partial charge is 0.354 e. The Balaban J connectivity index is 1.48. The molecule has 6 heteroatoms. The van der Waals surface area contributed by atoms with Crippen molar-refractivity contribution in [1.82, 2.24) is 15.2 Å². The molecule has 0 aliphatic carbocycles. The van der Waals surface area contributed by atoms with Crippen molar-refractivity contribution in [3.63, 3.8) is 0 Å². The Bertz CT molecular complexity index is 827. The fourth-order valence-electron chi connectivity index (χ4n) is 3.13. The standard InChI is InChI=1S/C22H27ClN4O/c1-3-26-10-12-27(13-11-26)21-8-6-19(15-24-21)16-25-22(28)9-7-18-5-4-17(2)20(23)14-18/h4-9,14-15H,3,10-13,16H2,1-2H3,(H,25,28). The minimum absolute atomic E-state index is 0.142. The maximum Gasteiger partial charge on any atom is 0.244 e. The molecule has 1 aliphatic rings. The van der Waals surface area contributed by atoms with Crippen LogP contribution in [0, 0.1) is 6.92 Å². The van der Waals surface area contributed by atoms with Crippen molar-refractivity contribution >= 4 is 29.4 Å². The lowest BCUT2D eigenvalue weighted by atomic mass is 10.1. The molecule has 1 amide bonds. The van der Waals surface area contributed by atoms with Crippen molar-refractivity contribution in [2.45, 2.75) is 20.4 Å². The molecule has 2 heterocycles. The van der Waals surface area contributed by atoms with Gasteiger partial charge >= 0.3 is 0 Å². The summed E-state index contributed by atoms with van der Waals surface area (Å²) in [6.07, 6.45) is 5.12. The van der Waals surface area contributed by atoms with Gasteiger partial charge in [0.2, 0.25) is 5.91 Å². The molecular formula is C22H27ClN4O. The smallest absolute Gasteiger partial charge is 0.244 e. The lowest BCUT2D eigenvalue weighted by molar-refractivity contribution is -0.116. The Morgan fingerprint density at radius 3 is 2.64 bits per heavy atom. The summed E-state index contributed by atoms with van der Waals surface area (Å²) in [7, 11) is 0. The zero-order chi connectivity index (χ0) is 19.9. The van der Waals surface area contributed by atoms with Gasteiger partial charge in [-0.05, 0) is 48.4 Å². The van der Waals surface area contributed by atoms with E-state index < -0.39 is 0 Å². The number of nitrogens with zero attached hydrogens (tertiary/aromatic N) is 3. The Labute approximate surface area is 172 Å². The van der Waals surface area contributed by atoms with Crippen LogP contribution in [0.15, 0.2) is 42.6 Å². The topological polar surface area (TPSA) is 48.5 Å². The number of pyridine rings is 1. The molecule has 1 aromatic heterocycles. The van der Waals surface area contributed by atoms with E-state index in [0.717, 1.165) is 55.2 Å². The van der Waals surface area contributed by atoms with Gasteiger partial charge in [0.25, 0.3) is 0 Å². The average Bonchev–Trinajstić information content (AvgIpc) is 2.73. The predicted octanol–water partition coefficient (Wildman–Crippen LogP) is 3.51. The van der Waals surface area contributed by atoms with Crippen molar-refractivity contribution in [2.24, 2.45) is 0 Å². The van der Waals surface area contributed by atoms with E-state index in [1.165, 1.54) is 6.08 Å². The van der Waals surface area contributed by atoms with Gasteiger partial charge in [-0.1, -0.05) is 36.7 Å². The lowest BCUT2D eigenvalue weighted by Crippen LogP contribution is -2.46. The quantitative estimate of drug-likeness (QED) is 0.756. The normalized spacial score (nSPS) is 15.2. The summed E-state index contributed by atoms with van der Waals surface area (Å²) < 4.78 is 0. The maximum absolute atomic E-state index is 12.1. The molecule has 148 valence electrons. The number of rotatable bonds is 6. The van der Waals surface area contributed by atoms with E-state index in [2.05, 4.69) is 27.0 Å². The number of hydrogen-bond donors (Lipinski definition) is 1. The van der Waals surface area contributed by atoms with E-state index in [1.54, 1.807) is 6.08 Å². The zero-order valence-corrected chi connectivity index (χ0v) is 17.2. The molecule has 1 N–H and O–H groups in total. The minimum atomic E-state index is -0.142. The molecule has 0 saturated carbocycles. The molecule has 0 bridgehead atoms. The van der Waals surface area contributed by atoms with Crippen LogP contribution in [0.1, 0.15) is 23.6 Å². The Hall–Kier alpha value is -2.37. The third-order valence-corrected chi connectivity index (χ3v) is 5.45. The number of anilines is 1. The zero-order valence-electron chi connectivity index (χ0n) is 16.5. The second-order valence-corrected chi connectivity index (χ2v) is 7.41. The van der Waals surface area contributed by atoms with E-state index >= 15 is 0 Å². The first-order valence-electron chi connectivity index (χ1n) is 9.69. The highest BCUT2D eigenvalue weighted by Gasteiger charge is 2.16. The molecule has 0 radical (unpaired) electrons. The van der Waals surface area contributed by atoms with Crippen LogP contribution in [-0.4, -0.2) is 48.5 Å². The van der Waals surface area contributed by atoms with Gasteiger partial charge in [-0.3, -0.25) is 4.79 Å². The monoisotopic (exact) mass is 398 g/mol. The first-order chi connectivity index (χ1) is 13.5. The molecule has 1 aromatic carbocycles. The molecule has 2 aromatic rings. The van der Waals surface area contributed by atoms with E-state index in [9.17, 15) is 4.79 Å². The fourth-order valence-corrected chi connectivity index (χ4v) is 3.32. The average molecular weight is 399 g/mol. The third-order valence-electron chi connectivity index (χ3n) is 5.04. The van der Waals surface area contributed by atoms with Crippen LogP contribution in [0.3, 0.4) is 0 Å². The predicted molar refractivity (Wildman–Crippen MR) is 116 cm³/mol. The van der Waals surface area contributed by atoms with Crippen LogP contribution >= 0.6 is 11.6 Å². The number of nitrogens with one attached hydrogen (secondary N) is 1. The molecule has 5 nitrogen and oxygen atoms in total. The number of halogens is 1. The molecule has 28 heavy (non-hydrogen) atoms. The highest BCUT2D eigenvalue weighted by molar-refractivity contribution is 6.31. The van der Waals surface area contributed by atoms with E-state index in [0.29, 0.717) is 11.6 Å². The summed E-state index contributed by atoms with van der Waals surface area (Å²) in [5.74, 6) is 0.860. The summed E-state index contributed by atoms with van der Waals surface area (Å²) in [4.78, 5) is 21.4. The molecule has 0 atom stereocenters. The number of carbonyl (C=O) groups excluding carboxylic acids is 1. The molecule has 1 aliphatic heterocycles. The van der Waals surface area contributed by atoms with Crippen LogP contribution in [-0.2, 0) is 11.3 Å². The number of aryl methyl sites for hydroxylation is 1. The minimum Gasteiger partial charge on any atom is -0.354 e. The van der Waals surface area contributed by atoms with Gasteiger partial charge in [0.05, 0.1) is 0 Å². The second-order valence-electron chi connectivity index (χ2n) is 7.01. The van der Waals surface area contributed by atoms with Crippen molar-refractivity contribution in [1.29, 1.82) is 0 Å². The van der Waals surface area contributed by atoms with Crippen molar-refractivity contribution in [3.05, 3.63) is 64.3 Å². The number of amides is 1. The number of hydrogen-bond acceptors (Lipinski definition) is 4. The number of piperazine rings is 1. The highest BCUT2D eigenvalue weighted by Crippen LogP contribution is 2.17. The number of likely N-dealkylation sites (N-methyl/N-ethyl adjacent to an activating group) is 1. The number of carbonyl (C=O) groups is 1. The van der Waals surface area contributed by atoms with Gasteiger partial charge in [-0.2, -0.15) is 0 Å². The summed E-state index contributed by atoms with van der Waals surface area (Å²) in [6, 6.07) is 9.79. The summed E-state index contributed by atoms with van der Waals surface area (Å²) in [6.45, 7) is 9.87. The third kappa shape index (κ3) is 5.57. The molecule has 0 unspecified atom stereocenters. The van der Waals surface area contributed by atoms with Gasteiger partial charge < -0.3 is 15.1 Å². The second kappa shape index (κ2) is 9.71. The van der Waals surface area contributed by atoms with E-state index in [1.807, 2.05) is 43.5 Å². The molecule has 1 saturated heterocycles. The highest BCUT2D eigenvalue weighted by atomic mass is 35.5. The van der Waals surface area contributed by atoms with Crippen LogP contribution in [0.25, 0.3) is 6.08 Å². The number of aromatic nitrogens is 1. The molecular weight excluding hydrogens is 372 g/mol. The SMILES string of the molecule is CCN1CCN(c2ccc(CNC(=O)C=Cc3ccc(C)c(Cl)c3)cn2)CC1. The van der Waals surface area contributed by atoms with Crippen molar-refractivity contribution in [3.8, 4) is 0 Å².